The number of hydrogen-bond acceptors (Lipinski definition) is 3. The number of benzene rings is 1. The highest BCUT2D eigenvalue weighted by Gasteiger charge is 2.50. The molecule has 136 valence electrons. The summed E-state index contributed by atoms with van der Waals surface area (Å²) in [7, 11) is 0. The molecule has 1 amide bonds. The lowest BCUT2D eigenvalue weighted by Gasteiger charge is -2.36. The maximum absolute atomic E-state index is 12.8. The molecule has 0 aliphatic carbocycles. The van der Waals surface area contributed by atoms with Gasteiger partial charge >= 0.3 is 5.97 Å². The molecule has 25 heavy (non-hydrogen) atoms. The largest absolute Gasteiger partial charge is 0.480 e. The molecule has 1 aromatic carbocycles. The van der Waals surface area contributed by atoms with Crippen LogP contribution < -0.4 is 5.32 Å². The highest BCUT2D eigenvalue weighted by molar-refractivity contribution is 6.02. The average molecular weight is 344 g/mol. The quantitative estimate of drug-likeness (QED) is 0.821. The molecule has 2 fully saturated rings. The van der Waals surface area contributed by atoms with Gasteiger partial charge in [-0.3, -0.25) is 9.59 Å². The van der Waals surface area contributed by atoms with Crippen molar-refractivity contribution in [2.75, 3.05) is 26.2 Å². The van der Waals surface area contributed by atoms with E-state index in [2.05, 4.69) is 37.4 Å². The van der Waals surface area contributed by atoms with Gasteiger partial charge in [0.15, 0.2) is 5.41 Å². The van der Waals surface area contributed by atoms with E-state index in [0.717, 1.165) is 19.3 Å². The Morgan fingerprint density at radius 3 is 2.52 bits per heavy atom. The van der Waals surface area contributed by atoms with Gasteiger partial charge in [0.05, 0.1) is 0 Å². The normalized spacial score (nSPS) is 24.5. The number of carboxylic acids is 1. The van der Waals surface area contributed by atoms with Crippen molar-refractivity contribution in [2.24, 2.45) is 11.3 Å². The van der Waals surface area contributed by atoms with Gasteiger partial charge in [-0.05, 0) is 68.7 Å². The lowest BCUT2D eigenvalue weighted by atomic mass is 9.83. The predicted molar refractivity (Wildman–Crippen MR) is 96.5 cm³/mol. The van der Waals surface area contributed by atoms with Crippen LogP contribution in [0.3, 0.4) is 0 Å². The van der Waals surface area contributed by atoms with E-state index >= 15 is 0 Å². The Morgan fingerprint density at radius 2 is 1.96 bits per heavy atom. The first-order valence-corrected chi connectivity index (χ1v) is 9.22. The topological polar surface area (TPSA) is 69.6 Å². The van der Waals surface area contributed by atoms with E-state index in [-0.39, 0.29) is 12.5 Å². The van der Waals surface area contributed by atoms with E-state index in [1.807, 2.05) is 0 Å². The summed E-state index contributed by atoms with van der Waals surface area (Å²) in [6.45, 7) is 6.46. The highest BCUT2D eigenvalue weighted by Crippen LogP contribution is 2.31. The summed E-state index contributed by atoms with van der Waals surface area (Å²) in [5, 5.41) is 12.6. The Labute approximate surface area is 149 Å². The van der Waals surface area contributed by atoms with Crippen molar-refractivity contribution >= 4 is 11.9 Å². The summed E-state index contributed by atoms with van der Waals surface area (Å²) in [6.07, 6.45) is 3.32. The number of hydrogen-bond donors (Lipinski definition) is 2. The van der Waals surface area contributed by atoms with E-state index in [1.165, 1.54) is 16.7 Å². The number of nitrogens with one attached hydrogen (secondary N) is 1. The van der Waals surface area contributed by atoms with Gasteiger partial charge in [0.2, 0.25) is 5.91 Å². The van der Waals surface area contributed by atoms with Crippen LogP contribution in [0.25, 0.3) is 0 Å². The molecule has 2 saturated heterocycles. The van der Waals surface area contributed by atoms with Crippen LogP contribution in [0.1, 0.15) is 36.0 Å². The fourth-order valence-electron chi connectivity index (χ4n) is 4.06. The first kappa shape index (κ1) is 17.9. The Hall–Kier alpha value is -1.88. The molecule has 2 aliphatic rings. The van der Waals surface area contributed by atoms with Crippen molar-refractivity contribution in [2.45, 2.75) is 39.5 Å². The maximum atomic E-state index is 12.8. The minimum absolute atomic E-state index is 0.199. The predicted octanol–water partition coefficient (Wildman–Crippen LogP) is 2.15. The fraction of sp³-hybridized carbons (Fsp3) is 0.600. The number of amides is 1. The minimum atomic E-state index is -1.25. The number of nitrogens with zero attached hydrogens (tertiary/aromatic N) is 1. The minimum Gasteiger partial charge on any atom is -0.480 e. The number of carbonyl (C=O) groups is 2. The van der Waals surface area contributed by atoms with Crippen LogP contribution in [0, 0.1) is 25.2 Å². The first-order valence-electron chi connectivity index (χ1n) is 9.22. The van der Waals surface area contributed by atoms with Crippen LogP contribution in [0.15, 0.2) is 18.2 Å². The second kappa shape index (κ2) is 7.16. The lowest BCUT2D eigenvalue weighted by molar-refractivity contribution is -0.160. The third-order valence-corrected chi connectivity index (χ3v) is 5.97. The molecule has 1 unspecified atom stereocenters. The van der Waals surface area contributed by atoms with E-state index in [0.29, 0.717) is 32.0 Å². The summed E-state index contributed by atoms with van der Waals surface area (Å²) in [5.74, 6) is -0.622. The van der Waals surface area contributed by atoms with Crippen LogP contribution in [0.4, 0.5) is 0 Å². The second-order valence-electron chi connectivity index (χ2n) is 7.67. The van der Waals surface area contributed by atoms with Crippen molar-refractivity contribution < 1.29 is 14.7 Å². The highest BCUT2D eigenvalue weighted by atomic mass is 16.4. The van der Waals surface area contributed by atoms with Crippen LogP contribution in [-0.2, 0) is 16.0 Å². The molecule has 2 aliphatic heterocycles. The van der Waals surface area contributed by atoms with Gasteiger partial charge in [-0.2, -0.15) is 0 Å². The molecule has 0 radical (unpaired) electrons. The molecular weight excluding hydrogens is 316 g/mol. The van der Waals surface area contributed by atoms with E-state index in [9.17, 15) is 14.7 Å². The SMILES string of the molecule is Cc1ccc(CC2CCN(C(=O)C3(C(=O)O)CCNC3)CC2)cc1C. The van der Waals surface area contributed by atoms with Gasteiger partial charge in [-0.1, -0.05) is 18.2 Å². The van der Waals surface area contributed by atoms with E-state index in [4.69, 9.17) is 0 Å². The second-order valence-corrected chi connectivity index (χ2v) is 7.67. The molecule has 0 saturated carbocycles. The standard InChI is InChI=1S/C20H28N2O3/c1-14-3-4-17(11-15(14)2)12-16-5-9-22(10-6-16)18(23)20(19(24)25)7-8-21-13-20/h3-4,11,16,21H,5-10,12-13H2,1-2H3,(H,24,25). The van der Waals surface area contributed by atoms with Crippen LogP contribution >= 0.6 is 0 Å². The van der Waals surface area contributed by atoms with E-state index in [1.54, 1.807) is 4.90 Å². The number of rotatable bonds is 4. The molecule has 0 aromatic heterocycles. The molecule has 0 spiro atoms. The van der Waals surface area contributed by atoms with Gasteiger partial charge in [-0.15, -0.1) is 0 Å². The average Bonchev–Trinajstić information content (AvgIpc) is 3.09. The van der Waals surface area contributed by atoms with Crippen molar-refractivity contribution in [1.82, 2.24) is 10.2 Å². The first-order chi connectivity index (χ1) is 11.9. The van der Waals surface area contributed by atoms with Crippen LogP contribution in [0.2, 0.25) is 0 Å². The Kier molecular flexibility index (Phi) is 5.13. The Balaban J connectivity index is 1.59. The third kappa shape index (κ3) is 3.56. The summed E-state index contributed by atoms with van der Waals surface area (Å²) in [6, 6.07) is 6.63. The monoisotopic (exact) mass is 344 g/mol. The van der Waals surface area contributed by atoms with Crippen molar-refractivity contribution in [3.63, 3.8) is 0 Å². The molecule has 1 atom stereocenters. The smallest absolute Gasteiger partial charge is 0.320 e. The van der Waals surface area contributed by atoms with Gasteiger partial charge in [0.1, 0.15) is 0 Å². The van der Waals surface area contributed by atoms with Gasteiger partial charge in [0, 0.05) is 19.6 Å². The number of aliphatic carboxylic acids is 1. The molecular formula is C20H28N2O3. The number of aryl methyl sites for hydroxylation is 2. The summed E-state index contributed by atoms with van der Waals surface area (Å²) >= 11 is 0. The Morgan fingerprint density at radius 1 is 1.24 bits per heavy atom. The number of piperidine rings is 1. The lowest BCUT2D eigenvalue weighted by Crippen LogP contribution is -2.52. The van der Waals surface area contributed by atoms with E-state index < -0.39 is 11.4 Å². The molecule has 1 aromatic rings. The summed E-state index contributed by atoms with van der Waals surface area (Å²) in [5.41, 5.74) is 2.74. The van der Waals surface area contributed by atoms with Crippen molar-refractivity contribution in [3.05, 3.63) is 34.9 Å². The fourth-order valence-corrected chi connectivity index (χ4v) is 4.06. The number of likely N-dealkylation sites (tertiary alicyclic amines) is 1. The van der Waals surface area contributed by atoms with Gasteiger partial charge in [-0.25, -0.2) is 0 Å². The van der Waals surface area contributed by atoms with Gasteiger partial charge < -0.3 is 15.3 Å². The molecule has 5 heteroatoms. The summed E-state index contributed by atoms with van der Waals surface area (Å²) in [4.78, 5) is 26.3. The zero-order valence-corrected chi connectivity index (χ0v) is 15.2. The molecule has 3 rings (SSSR count). The van der Waals surface area contributed by atoms with Gasteiger partial charge in [0.25, 0.3) is 0 Å². The molecule has 2 heterocycles. The number of carboxylic acid groups (broad SMARTS) is 1. The Bertz CT molecular complexity index is 657. The summed E-state index contributed by atoms with van der Waals surface area (Å²) < 4.78 is 0. The molecule has 5 nitrogen and oxygen atoms in total. The number of carbonyl (C=O) groups excluding carboxylic acids is 1. The zero-order valence-electron chi connectivity index (χ0n) is 15.2. The van der Waals surface area contributed by atoms with Crippen LogP contribution in [0.5, 0.6) is 0 Å². The maximum Gasteiger partial charge on any atom is 0.320 e. The zero-order chi connectivity index (χ0) is 18.0. The third-order valence-electron chi connectivity index (χ3n) is 5.97. The van der Waals surface area contributed by atoms with Crippen LogP contribution in [-0.4, -0.2) is 48.1 Å². The molecule has 2 N–H and O–H groups in total. The van der Waals surface area contributed by atoms with Crippen molar-refractivity contribution in [1.29, 1.82) is 0 Å². The van der Waals surface area contributed by atoms with Crippen molar-refractivity contribution in [3.8, 4) is 0 Å². The molecule has 0 bridgehead atoms.